The van der Waals surface area contributed by atoms with E-state index in [-0.39, 0.29) is 18.6 Å². The van der Waals surface area contributed by atoms with E-state index in [2.05, 4.69) is 31.9 Å². The minimum atomic E-state index is -2.02. The van der Waals surface area contributed by atoms with E-state index in [9.17, 15) is 93.0 Å². The third kappa shape index (κ3) is 22.8. The summed E-state index contributed by atoms with van der Waals surface area (Å²) in [7, 11) is 0. The molecule has 0 aliphatic heterocycles. The maximum absolute atomic E-state index is 13.7. The molecule has 0 radical (unpaired) electrons. The van der Waals surface area contributed by atoms with Gasteiger partial charge in [0.1, 0.15) is 54.1 Å². The highest BCUT2D eigenvalue weighted by Gasteiger charge is 2.36. The third-order valence-corrected chi connectivity index (χ3v) is 9.74. The minimum Gasteiger partial charge on any atom is -0.508 e. The maximum atomic E-state index is 13.7. The zero-order chi connectivity index (χ0) is 54.3. The van der Waals surface area contributed by atoms with Crippen molar-refractivity contribution in [2.24, 2.45) is 23.1 Å². The molecule has 71 heavy (non-hydrogen) atoms. The molecule has 20 N–H and O–H groups in total. The average molecular weight is 1010 g/mol. The smallest absolute Gasteiger partial charge is 0.326 e. The number of carbonyl (C=O) groups is 13. The van der Waals surface area contributed by atoms with Crippen LogP contribution in [-0.4, -0.2) is 175 Å². The molecule has 0 saturated heterocycles. The number of carboxylic acids is 3. The molecule has 30 heteroatoms. The van der Waals surface area contributed by atoms with Crippen LogP contribution in [0.4, 0.5) is 0 Å². The molecule has 0 aliphatic carbocycles. The normalized spacial score (nSPS) is 14.7. The summed E-state index contributed by atoms with van der Waals surface area (Å²) in [6, 6.07) is -10.7. The van der Waals surface area contributed by atoms with Crippen LogP contribution in [0.5, 0.6) is 5.75 Å². The second kappa shape index (κ2) is 29.8. The van der Waals surface area contributed by atoms with Gasteiger partial charge in [0.2, 0.25) is 59.1 Å². The van der Waals surface area contributed by atoms with Crippen molar-refractivity contribution in [1.82, 2.24) is 42.5 Å². The van der Waals surface area contributed by atoms with Crippen molar-refractivity contribution in [3.63, 3.8) is 0 Å². The second-order valence-corrected chi connectivity index (χ2v) is 16.4. The largest absolute Gasteiger partial charge is 0.508 e. The van der Waals surface area contributed by atoms with Gasteiger partial charge in [0.05, 0.1) is 38.5 Å². The lowest BCUT2D eigenvalue weighted by Crippen LogP contribution is -2.61. The number of rotatable bonds is 32. The van der Waals surface area contributed by atoms with Crippen molar-refractivity contribution in [2.75, 3.05) is 13.2 Å². The van der Waals surface area contributed by atoms with Crippen LogP contribution in [0.15, 0.2) is 24.3 Å². The van der Waals surface area contributed by atoms with Crippen LogP contribution in [0, 0.1) is 5.92 Å². The first-order valence-corrected chi connectivity index (χ1v) is 21.5. The number of nitrogens with one attached hydrogen (secondary N) is 8. The molecule has 10 amide bonds. The van der Waals surface area contributed by atoms with Gasteiger partial charge in [0.15, 0.2) is 0 Å². The summed E-state index contributed by atoms with van der Waals surface area (Å²) in [6.07, 6.45) is -5.12. The Kier molecular flexibility index (Phi) is 25.6. The van der Waals surface area contributed by atoms with E-state index in [4.69, 9.17) is 17.2 Å². The Bertz CT molecular complexity index is 2120. The number of aliphatic hydroxyl groups excluding tert-OH is 2. The number of aromatic hydroxyl groups is 1. The number of phenolic OH excluding ortho intramolecular Hbond substituents is 1. The fourth-order valence-electron chi connectivity index (χ4n) is 6.11. The van der Waals surface area contributed by atoms with E-state index < -0.39 is 183 Å². The summed E-state index contributed by atoms with van der Waals surface area (Å²) in [6.45, 7) is 2.20. The predicted molar refractivity (Wildman–Crippen MR) is 239 cm³/mol. The molecule has 394 valence electrons. The Labute approximate surface area is 403 Å². The molecule has 30 nitrogen and oxygen atoms in total. The minimum absolute atomic E-state index is 0.138. The Morgan fingerprint density at radius 1 is 0.479 bits per heavy atom. The highest BCUT2D eigenvalue weighted by atomic mass is 16.4. The molecular weight excluding hydrogens is 951 g/mol. The fourth-order valence-corrected chi connectivity index (χ4v) is 6.11. The Balaban J connectivity index is 3.37. The van der Waals surface area contributed by atoms with Crippen LogP contribution in [-0.2, 0) is 68.7 Å². The van der Waals surface area contributed by atoms with Crippen LogP contribution in [0.1, 0.15) is 64.9 Å². The second-order valence-electron chi connectivity index (χ2n) is 16.4. The van der Waals surface area contributed by atoms with E-state index in [0.717, 1.165) is 0 Å². The Morgan fingerprint density at radius 2 is 0.831 bits per heavy atom. The molecule has 0 aromatic heterocycles. The first kappa shape index (κ1) is 61.0. The molecule has 0 heterocycles. The van der Waals surface area contributed by atoms with Crippen molar-refractivity contribution in [3.8, 4) is 5.75 Å². The molecule has 0 aliphatic rings. The first-order valence-electron chi connectivity index (χ1n) is 21.5. The van der Waals surface area contributed by atoms with Crippen LogP contribution >= 0.6 is 0 Å². The van der Waals surface area contributed by atoms with Crippen molar-refractivity contribution < 1.29 is 93.0 Å². The van der Waals surface area contributed by atoms with Gasteiger partial charge in [-0.15, -0.1) is 0 Å². The Morgan fingerprint density at radius 3 is 1.21 bits per heavy atom. The van der Waals surface area contributed by atoms with Gasteiger partial charge in [0, 0.05) is 12.8 Å². The lowest BCUT2D eigenvalue weighted by atomic mass is 10.0. The highest BCUT2D eigenvalue weighted by Crippen LogP contribution is 2.13. The van der Waals surface area contributed by atoms with Gasteiger partial charge < -0.3 is 90.4 Å². The number of primary amides is 2. The Hall–Kier alpha value is -7.99. The molecule has 1 rings (SSSR count). The van der Waals surface area contributed by atoms with E-state index in [1.54, 1.807) is 13.8 Å². The molecule has 0 unspecified atom stereocenters. The number of benzene rings is 1. The summed E-state index contributed by atoms with van der Waals surface area (Å²) in [5.74, 6) is -17.6. The van der Waals surface area contributed by atoms with Crippen molar-refractivity contribution >= 4 is 77.0 Å². The predicted octanol–water partition coefficient (Wildman–Crippen LogP) is -7.63. The highest BCUT2D eigenvalue weighted by molar-refractivity contribution is 6.00. The summed E-state index contributed by atoms with van der Waals surface area (Å²) >= 11 is 0. The number of aliphatic hydroxyl groups is 2. The molecule has 0 bridgehead atoms. The topological polar surface area (TPSA) is 518 Å². The van der Waals surface area contributed by atoms with E-state index >= 15 is 0 Å². The quantitative estimate of drug-likeness (QED) is 0.0319. The molecule has 1 aromatic rings. The lowest BCUT2D eigenvalue weighted by Gasteiger charge is -2.27. The maximum Gasteiger partial charge on any atom is 0.326 e. The van der Waals surface area contributed by atoms with Crippen LogP contribution in [0.3, 0.4) is 0 Å². The number of aliphatic carboxylic acids is 3. The molecule has 0 spiro atoms. The number of carbonyl (C=O) groups excluding carboxylic acids is 10. The molecule has 1 aromatic carbocycles. The van der Waals surface area contributed by atoms with Gasteiger partial charge in [-0.05, 0) is 43.4 Å². The lowest BCUT2D eigenvalue weighted by molar-refractivity contribution is -0.143. The molecule has 0 saturated carbocycles. The third-order valence-electron chi connectivity index (χ3n) is 9.74. The van der Waals surface area contributed by atoms with E-state index in [0.29, 0.717) is 5.56 Å². The van der Waals surface area contributed by atoms with Gasteiger partial charge in [-0.1, -0.05) is 26.0 Å². The number of nitrogens with two attached hydrogens (primary N) is 3. The summed E-state index contributed by atoms with van der Waals surface area (Å²) in [5.41, 5.74) is 16.4. The average Bonchev–Trinajstić information content (AvgIpc) is 3.26. The summed E-state index contributed by atoms with van der Waals surface area (Å²) in [5, 5.41) is 74.6. The number of carboxylic acid groups (broad SMARTS) is 3. The van der Waals surface area contributed by atoms with Gasteiger partial charge in [-0.3, -0.25) is 57.5 Å². The molecular formula is C41H61N11O19. The standard InChI is InChI=1S/C41H61N11O19/c1-17(2)10-22(46-40(69)28(16-54)52-38(67)25(14-32(60)61)49-39(68)27(15-53)51-33(62)18(3)42)35(64)47-24(13-30(44)57)37(66)48-23(12-29(43)56)36(65)45-21(8-9-31(58)59)34(63)50-26(41(70)71)11-19-4-6-20(55)7-5-19/h4-7,17-18,21-28,53-55H,8-16,42H2,1-3H3,(H2,43,56)(H2,44,57)(H,45,65)(H,46,69)(H,47,64)(H,48,66)(H,49,68)(H,50,63)(H,51,62)(H,52,67)(H,58,59)(H,60,61)(H,70,71)/t18-,21-,22-,23-,24-,25-,26-,27-,28-/m0/s1. The van der Waals surface area contributed by atoms with Gasteiger partial charge >= 0.3 is 17.9 Å². The zero-order valence-corrected chi connectivity index (χ0v) is 38.7. The summed E-state index contributed by atoms with van der Waals surface area (Å²) in [4.78, 5) is 165. The van der Waals surface area contributed by atoms with Gasteiger partial charge in [-0.2, -0.15) is 0 Å². The van der Waals surface area contributed by atoms with Gasteiger partial charge in [0.25, 0.3) is 0 Å². The molecule has 0 fully saturated rings. The zero-order valence-electron chi connectivity index (χ0n) is 38.7. The monoisotopic (exact) mass is 1010 g/mol. The van der Waals surface area contributed by atoms with E-state index in [1.807, 2.05) is 10.6 Å². The summed E-state index contributed by atoms with van der Waals surface area (Å²) < 4.78 is 0. The number of amides is 10. The fraction of sp³-hybridized carbons (Fsp3) is 0.537. The van der Waals surface area contributed by atoms with Crippen LogP contribution in [0.2, 0.25) is 0 Å². The van der Waals surface area contributed by atoms with Crippen molar-refractivity contribution in [2.45, 2.75) is 120 Å². The number of hydrogen-bond donors (Lipinski definition) is 17. The van der Waals surface area contributed by atoms with Crippen molar-refractivity contribution in [3.05, 3.63) is 29.8 Å². The van der Waals surface area contributed by atoms with Crippen LogP contribution in [0.25, 0.3) is 0 Å². The SMILES string of the molecule is CC(C)C[C@H](NC(=O)[C@H](CO)NC(=O)[C@H](CC(=O)O)NC(=O)[C@H](CO)NC(=O)[C@H](C)N)C(=O)N[C@@H](CC(N)=O)C(=O)N[C@@H](CC(N)=O)C(=O)N[C@@H](CCC(=O)O)C(=O)N[C@@H](Cc1ccc(O)cc1)C(=O)O. The number of phenols is 1. The first-order chi connectivity index (χ1) is 33.1. The number of hydrogen-bond acceptors (Lipinski definition) is 17. The molecule has 9 atom stereocenters. The van der Waals surface area contributed by atoms with Crippen molar-refractivity contribution in [1.29, 1.82) is 0 Å². The van der Waals surface area contributed by atoms with Gasteiger partial charge in [-0.25, -0.2) is 4.79 Å². The van der Waals surface area contributed by atoms with E-state index in [1.165, 1.54) is 31.2 Å². The van der Waals surface area contributed by atoms with Crippen LogP contribution < -0.4 is 59.7 Å².